The van der Waals surface area contributed by atoms with Gasteiger partial charge in [-0.15, -0.1) is 6.58 Å². The molecule has 1 N–H and O–H groups in total. The lowest BCUT2D eigenvalue weighted by Crippen LogP contribution is -2.40. The maximum Gasteiger partial charge on any atom is 0.328 e. The normalized spacial score (nSPS) is 11.2. The Balaban J connectivity index is 4.23. The molecule has 0 bridgehead atoms. The molecule has 0 aliphatic rings. The molecule has 1 amide bonds. The molecule has 0 aromatic rings. The summed E-state index contributed by atoms with van der Waals surface area (Å²) in [6, 6.07) is -0.673. The van der Waals surface area contributed by atoms with Gasteiger partial charge >= 0.3 is 5.97 Å². The van der Waals surface area contributed by atoms with Gasteiger partial charge in [-0.3, -0.25) is 4.79 Å². The highest BCUT2D eigenvalue weighted by Crippen LogP contribution is 1.95. The first-order chi connectivity index (χ1) is 6.15. The third-order valence-electron chi connectivity index (χ3n) is 1.39. The summed E-state index contributed by atoms with van der Waals surface area (Å²) in [4.78, 5) is 21.9. The topological polar surface area (TPSA) is 55.4 Å². The number of carbonyl (C=O) groups is 2. The molecule has 0 aliphatic carbocycles. The number of carbonyl (C=O) groups excluding carboxylic acids is 2. The number of rotatable bonds is 5. The fourth-order valence-corrected chi connectivity index (χ4v) is 0.754. The summed E-state index contributed by atoms with van der Waals surface area (Å²) in [7, 11) is 1.26. The van der Waals surface area contributed by atoms with Crippen LogP contribution >= 0.6 is 0 Å². The number of methoxy groups -OCH3 is 1. The molecular formula is C9H13NO3. The second-order valence-electron chi connectivity index (χ2n) is 2.31. The van der Waals surface area contributed by atoms with Crippen LogP contribution in [0.25, 0.3) is 0 Å². The van der Waals surface area contributed by atoms with E-state index in [1.807, 2.05) is 0 Å². The number of hydrogen-bond acceptors (Lipinski definition) is 3. The first-order valence-electron chi connectivity index (χ1n) is 3.77. The first-order valence-corrected chi connectivity index (χ1v) is 3.77. The average molecular weight is 183 g/mol. The largest absolute Gasteiger partial charge is 0.467 e. The Hall–Kier alpha value is -1.58. The molecule has 72 valence electrons. The van der Waals surface area contributed by atoms with Gasteiger partial charge in [-0.25, -0.2) is 4.79 Å². The molecule has 0 radical (unpaired) electrons. The molecule has 0 rings (SSSR count). The second-order valence-corrected chi connectivity index (χ2v) is 2.31. The van der Waals surface area contributed by atoms with Crippen molar-refractivity contribution in [3.63, 3.8) is 0 Å². The monoisotopic (exact) mass is 183 g/mol. The van der Waals surface area contributed by atoms with Crippen LogP contribution in [0.3, 0.4) is 0 Å². The summed E-state index contributed by atoms with van der Waals surface area (Å²) >= 11 is 0. The highest BCUT2D eigenvalue weighted by molar-refractivity contribution is 5.91. The van der Waals surface area contributed by atoms with Gasteiger partial charge in [0.05, 0.1) is 7.11 Å². The second kappa shape index (κ2) is 5.99. The minimum absolute atomic E-state index is 0.340. The van der Waals surface area contributed by atoms with Gasteiger partial charge in [-0.2, -0.15) is 0 Å². The summed E-state index contributed by atoms with van der Waals surface area (Å²) in [5, 5.41) is 2.42. The Morgan fingerprint density at radius 3 is 2.54 bits per heavy atom. The van der Waals surface area contributed by atoms with E-state index in [1.165, 1.54) is 13.2 Å². The molecule has 0 aromatic heterocycles. The van der Waals surface area contributed by atoms with Crippen molar-refractivity contribution in [2.45, 2.75) is 12.5 Å². The van der Waals surface area contributed by atoms with Gasteiger partial charge in [-0.1, -0.05) is 12.7 Å². The Bertz CT molecular complexity index is 223. The van der Waals surface area contributed by atoms with Crippen LogP contribution in [0, 0.1) is 0 Å². The van der Waals surface area contributed by atoms with Crippen LogP contribution in [0.2, 0.25) is 0 Å². The van der Waals surface area contributed by atoms with Crippen LogP contribution < -0.4 is 5.32 Å². The van der Waals surface area contributed by atoms with E-state index in [0.717, 1.165) is 6.08 Å². The smallest absolute Gasteiger partial charge is 0.328 e. The average Bonchev–Trinajstić information content (AvgIpc) is 2.15. The first kappa shape index (κ1) is 11.4. The maximum atomic E-state index is 11.0. The van der Waals surface area contributed by atoms with Crippen molar-refractivity contribution in [2.24, 2.45) is 0 Å². The molecule has 0 spiro atoms. The zero-order valence-electron chi connectivity index (χ0n) is 7.58. The van der Waals surface area contributed by atoms with Gasteiger partial charge in [0.1, 0.15) is 6.04 Å². The molecule has 0 saturated carbocycles. The molecule has 1 atom stereocenters. The molecule has 0 unspecified atom stereocenters. The minimum atomic E-state index is -0.673. The molecule has 0 saturated heterocycles. The molecule has 4 nitrogen and oxygen atoms in total. The fraction of sp³-hybridized carbons (Fsp3) is 0.333. The van der Waals surface area contributed by atoms with Gasteiger partial charge in [0.15, 0.2) is 0 Å². The van der Waals surface area contributed by atoms with Gasteiger partial charge in [-0.05, 0) is 12.5 Å². The zero-order valence-corrected chi connectivity index (χ0v) is 7.58. The van der Waals surface area contributed by atoms with Crippen molar-refractivity contribution in [1.29, 1.82) is 0 Å². The van der Waals surface area contributed by atoms with E-state index in [1.54, 1.807) is 0 Å². The standard InChI is InChI=1S/C9H13NO3/c1-4-6-7(9(12)13-3)10-8(11)5-2/h4-5,7H,1-2,6H2,3H3,(H,10,11)/t7-/m1/s1. The molecule has 0 aromatic carbocycles. The highest BCUT2D eigenvalue weighted by Gasteiger charge is 2.18. The van der Waals surface area contributed by atoms with E-state index in [2.05, 4.69) is 23.2 Å². The van der Waals surface area contributed by atoms with E-state index in [0.29, 0.717) is 6.42 Å². The van der Waals surface area contributed by atoms with Crippen molar-refractivity contribution in [1.82, 2.24) is 5.32 Å². The van der Waals surface area contributed by atoms with Gasteiger partial charge in [0.25, 0.3) is 0 Å². The number of amides is 1. The van der Waals surface area contributed by atoms with Crippen LogP contribution in [0.1, 0.15) is 6.42 Å². The number of nitrogens with one attached hydrogen (secondary N) is 1. The summed E-state index contributed by atoms with van der Waals surface area (Å²) in [5.41, 5.74) is 0. The lowest BCUT2D eigenvalue weighted by Gasteiger charge is -2.12. The van der Waals surface area contributed by atoms with E-state index in [4.69, 9.17) is 0 Å². The van der Waals surface area contributed by atoms with Crippen molar-refractivity contribution in [3.8, 4) is 0 Å². The predicted molar refractivity (Wildman–Crippen MR) is 49.0 cm³/mol. The Kier molecular flexibility index (Phi) is 5.27. The summed E-state index contributed by atoms with van der Waals surface area (Å²) in [5.74, 6) is -0.896. The zero-order chi connectivity index (χ0) is 10.3. The Morgan fingerprint density at radius 1 is 1.54 bits per heavy atom. The molecular weight excluding hydrogens is 170 g/mol. The van der Waals surface area contributed by atoms with Gasteiger partial charge in [0, 0.05) is 0 Å². The highest BCUT2D eigenvalue weighted by atomic mass is 16.5. The van der Waals surface area contributed by atoms with Crippen LogP contribution in [0.15, 0.2) is 25.3 Å². The van der Waals surface area contributed by atoms with Gasteiger partial charge in [0.2, 0.25) is 5.91 Å². The SMILES string of the molecule is C=CC[C@@H](NC(=O)C=C)C(=O)OC. The minimum Gasteiger partial charge on any atom is -0.467 e. The van der Waals surface area contributed by atoms with E-state index >= 15 is 0 Å². The molecule has 0 fully saturated rings. The molecule has 0 aliphatic heterocycles. The van der Waals surface area contributed by atoms with Crippen molar-refractivity contribution in [2.75, 3.05) is 7.11 Å². The summed E-state index contributed by atoms with van der Waals surface area (Å²) < 4.78 is 4.47. The van der Waals surface area contributed by atoms with Crippen LogP contribution in [-0.4, -0.2) is 25.0 Å². The lowest BCUT2D eigenvalue weighted by molar-refractivity contribution is -0.144. The fourth-order valence-electron chi connectivity index (χ4n) is 0.754. The quantitative estimate of drug-likeness (QED) is 0.381. The summed E-state index contributed by atoms with van der Waals surface area (Å²) in [6.07, 6.45) is 2.97. The van der Waals surface area contributed by atoms with Crippen LogP contribution in [0.5, 0.6) is 0 Å². The number of esters is 1. The van der Waals surface area contributed by atoms with E-state index in [9.17, 15) is 9.59 Å². The third-order valence-corrected chi connectivity index (χ3v) is 1.39. The molecule has 0 heterocycles. The molecule has 4 heteroatoms. The molecule has 13 heavy (non-hydrogen) atoms. The lowest BCUT2D eigenvalue weighted by atomic mass is 10.2. The van der Waals surface area contributed by atoms with Gasteiger partial charge < -0.3 is 10.1 Å². The van der Waals surface area contributed by atoms with Crippen molar-refractivity contribution >= 4 is 11.9 Å². The van der Waals surface area contributed by atoms with Crippen LogP contribution in [-0.2, 0) is 14.3 Å². The van der Waals surface area contributed by atoms with E-state index < -0.39 is 17.9 Å². The van der Waals surface area contributed by atoms with Crippen molar-refractivity contribution in [3.05, 3.63) is 25.3 Å². The van der Waals surface area contributed by atoms with E-state index in [-0.39, 0.29) is 0 Å². The maximum absolute atomic E-state index is 11.0. The van der Waals surface area contributed by atoms with Crippen LogP contribution in [0.4, 0.5) is 0 Å². The number of hydrogen-bond donors (Lipinski definition) is 1. The third kappa shape index (κ3) is 4.10. The predicted octanol–water partition coefficient (Wildman–Crippen LogP) is 0.406. The number of ether oxygens (including phenoxy) is 1. The summed E-state index contributed by atoms with van der Waals surface area (Å²) in [6.45, 7) is 6.73. The Morgan fingerprint density at radius 2 is 2.15 bits per heavy atom. The Labute approximate surface area is 77.3 Å². The van der Waals surface area contributed by atoms with Crippen molar-refractivity contribution < 1.29 is 14.3 Å².